The maximum atomic E-state index is 11.9. The number of halogens is 1. The van der Waals surface area contributed by atoms with Crippen LogP contribution in [0.5, 0.6) is 5.75 Å². The maximum absolute atomic E-state index is 11.9. The summed E-state index contributed by atoms with van der Waals surface area (Å²) in [6.07, 6.45) is 0. The molecule has 0 saturated carbocycles. The molecule has 0 amide bonds. The number of esters is 1. The van der Waals surface area contributed by atoms with E-state index < -0.39 is 5.97 Å². The third kappa shape index (κ3) is 2.39. The molecular weight excluding hydrogens is 240 g/mol. The summed E-state index contributed by atoms with van der Waals surface area (Å²) in [5.41, 5.74) is 2.91. The molecule has 1 aromatic carbocycles. The summed E-state index contributed by atoms with van der Waals surface area (Å²) in [7, 11) is 1.54. The van der Waals surface area contributed by atoms with Crippen LogP contribution in [0.2, 0.25) is 5.02 Å². The van der Waals surface area contributed by atoms with Crippen molar-refractivity contribution in [1.29, 1.82) is 0 Å². The molecule has 0 fully saturated rings. The SMILES string of the molecule is CCOC(=O)c1c(C)c(Cl)c(C)c(C)c1OC. The van der Waals surface area contributed by atoms with Gasteiger partial charge in [-0.05, 0) is 44.4 Å². The number of ether oxygens (including phenoxy) is 2. The monoisotopic (exact) mass is 256 g/mol. The van der Waals surface area contributed by atoms with Gasteiger partial charge in [-0.2, -0.15) is 0 Å². The first-order chi connectivity index (χ1) is 7.95. The average molecular weight is 257 g/mol. The fourth-order valence-corrected chi connectivity index (χ4v) is 2.02. The maximum Gasteiger partial charge on any atom is 0.342 e. The van der Waals surface area contributed by atoms with Gasteiger partial charge in [-0.1, -0.05) is 11.6 Å². The van der Waals surface area contributed by atoms with Crippen molar-refractivity contribution in [1.82, 2.24) is 0 Å². The molecule has 3 nitrogen and oxygen atoms in total. The van der Waals surface area contributed by atoms with E-state index in [4.69, 9.17) is 21.1 Å². The molecule has 94 valence electrons. The van der Waals surface area contributed by atoms with Gasteiger partial charge in [0.15, 0.2) is 0 Å². The Hall–Kier alpha value is -1.22. The van der Waals surface area contributed by atoms with E-state index in [1.165, 1.54) is 7.11 Å². The van der Waals surface area contributed by atoms with Crippen LogP contribution in [-0.4, -0.2) is 19.7 Å². The fraction of sp³-hybridized carbons (Fsp3) is 0.462. The van der Waals surface area contributed by atoms with Gasteiger partial charge >= 0.3 is 5.97 Å². The van der Waals surface area contributed by atoms with Gasteiger partial charge in [0.05, 0.1) is 13.7 Å². The normalized spacial score (nSPS) is 10.2. The van der Waals surface area contributed by atoms with Gasteiger partial charge in [-0.25, -0.2) is 4.79 Å². The molecule has 0 spiro atoms. The first-order valence-electron chi connectivity index (χ1n) is 5.46. The number of methoxy groups -OCH3 is 1. The van der Waals surface area contributed by atoms with Crippen LogP contribution in [0.4, 0.5) is 0 Å². The predicted molar refractivity (Wildman–Crippen MR) is 68.2 cm³/mol. The molecule has 0 saturated heterocycles. The first kappa shape index (κ1) is 13.8. The van der Waals surface area contributed by atoms with Crippen LogP contribution in [0.3, 0.4) is 0 Å². The molecule has 0 aliphatic rings. The molecule has 0 aliphatic heterocycles. The second-order valence-corrected chi connectivity index (χ2v) is 4.20. The topological polar surface area (TPSA) is 35.5 Å². The van der Waals surface area contributed by atoms with E-state index in [0.29, 0.717) is 28.5 Å². The van der Waals surface area contributed by atoms with Gasteiger partial charge in [-0.3, -0.25) is 0 Å². The van der Waals surface area contributed by atoms with E-state index in [0.717, 1.165) is 11.1 Å². The number of rotatable bonds is 3. The Balaban J connectivity index is 3.52. The molecule has 1 aromatic rings. The van der Waals surface area contributed by atoms with Crippen molar-refractivity contribution in [2.45, 2.75) is 27.7 Å². The van der Waals surface area contributed by atoms with E-state index in [1.54, 1.807) is 13.8 Å². The minimum Gasteiger partial charge on any atom is -0.496 e. The van der Waals surface area contributed by atoms with E-state index in [2.05, 4.69) is 0 Å². The summed E-state index contributed by atoms with van der Waals surface area (Å²) in [5, 5.41) is 0.589. The summed E-state index contributed by atoms with van der Waals surface area (Å²) in [4.78, 5) is 11.9. The highest BCUT2D eigenvalue weighted by atomic mass is 35.5. The van der Waals surface area contributed by atoms with Crippen molar-refractivity contribution in [3.05, 3.63) is 27.3 Å². The van der Waals surface area contributed by atoms with Crippen LogP contribution in [0.1, 0.15) is 34.0 Å². The molecule has 4 heteroatoms. The van der Waals surface area contributed by atoms with Crippen LogP contribution in [-0.2, 0) is 4.74 Å². The number of hydrogen-bond donors (Lipinski definition) is 0. The number of carbonyl (C=O) groups is 1. The second kappa shape index (κ2) is 5.41. The van der Waals surface area contributed by atoms with Crippen molar-refractivity contribution in [3.63, 3.8) is 0 Å². The van der Waals surface area contributed by atoms with Crippen molar-refractivity contribution in [2.24, 2.45) is 0 Å². The van der Waals surface area contributed by atoms with Crippen molar-refractivity contribution in [3.8, 4) is 5.75 Å². The van der Waals surface area contributed by atoms with Crippen LogP contribution >= 0.6 is 11.6 Å². The third-order valence-corrected chi connectivity index (χ3v) is 3.41. The molecule has 1 rings (SSSR count). The quantitative estimate of drug-likeness (QED) is 0.777. The molecule has 0 bridgehead atoms. The molecule has 0 aromatic heterocycles. The lowest BCUT2D eigenvalue weighted by Crippen LogP contribution is -2.11. The molecule has 17 heavy (non-hydrogen) atoms. The molecule has 0 unspecified atom stereocenters. The van der Waals surface area contributed by atoms with Crippen molar-refractivity contribution >= 4 is 17.6 Å². The molecule has 0 radical (unpaired) electrons. The zero-order valence-corrected chi connectivity index (χ0v) is 11.6. The summed E-state index contributed by atoms with van der Waals surface area (Å²) in [6.45, 7) is 7.67. The molecule has 0 atom stereocenters. The lowest BCUT2D eigenvalue weighted by atomic mass is 9.99. The van der Waals surface area contributed by atoms with Gasteiger partial charge in [0, 0.05) is 5.02 Å². The first-order valence-corrected chi connectivity index (χ1v) is 5.83. The van der Waals surface area contributed by atoms with Gasteiger partial charge in [-0.15, -0.1) is 0 Å². The highest BCUT2D eigenvalue weighted by Crippen LogP contribution is 2.36. The Kier molecular flexibility index (Phi) is 4.40. The summed E-state index contributed by atoms with van der Waals surface area (Å²) < 4.78 is 10.3. The summed E-state index contributed by atoms with van der Waals surface area (Å²) >= 11 is 6.20. The zero-order valence-electron chi connectivity index (χ0n) is 10.8. The summed E-state index contributed by atoms with van der Waals surface area (Å²) in [5.74, 6) is 0.148. The Bertz CT molecular complexity index is 453. The Morgan fingerprint density at radius 1 is 1.18 bits per heavy atom. The number of benzene rings is 1. The lowest BCUT2D eigenvalue weighted by Gasteiger charge is -2.17. The van der Waals surface area contributed by atoms with Gasteiger partial charge in [0.25, 0.3) is 0 Å². The van der Waals surface area contributed by atoms with Gasteiger partial charge in [0.1, 0.15) is 11.3 Å². The highest BCUT2D eigenvalue weighted by molar-refractivity contribution is 6.32. The number of hydrogen-bond acceptors (Lipinski definition) is 3. The minimum absolute atomic E-state index is 0.325. The van der Waals surface area contributed by atoms with Crippen molar-refractivity contribution < 1.29 is 14.3 Å². The van der Waals surface area contributed by atoms with Crippen LogP contribution in [0, 0.1) is 20.8 Å². The van der Waals surface area contributed by atoms with Crippen LogP contribution in [0.15, 0.2) is 0 Å². The standard InChI is InChI=1S/C13H17ClO3/c1-6-17-13(15)10-9(4)11(14)7(2)8(3)12(10)16-5/h6H2,1-5H3. The van der Waals surface area contributed by atoms with E-state index >= 15 is 0 Å². The van der Waals surface area contributed by atoms with Gasteiger partial charge < -0.3 is 9.47 Å². The van der Waals surface area contributed by atoms with Crippen molar-refractivity contribution in [2.75, 3.05) is 13.7 Å². The van der Waals surface area contributed by atoms with Crippen LogP contribution in [0.25, 0.3) is 0 Å². The predicted octanol–water partition coefficient (Wildman–Crippen LogP) is 3.45. The molecule has 0 N–H and O–H groups in total. The van der Waals surface area contributed by atoms with E-state index in [9.17, 15) is 4.79 Å². The molecule has 0 heterocycles. The Morgan fingerprint density at radius 3 is 2.24 bits per heavy atom. The van der Waals surface area contributed by atoms with Crippen LogP contribution < -0.4 is 4.74 Å². The number of carbonyl (C=O) groups excluding carboxylic acids is 1. The molecular formula is C13H17ClO3. The zero-order chi connectivity index (χ0) is 13.2. The Morgan fingerprint density at radius 2 is 1.76 bits per heavy atom. The smallest absolute Gasteiger partial charge is 0.342 e. The lowest BCUT2D eigenvalue weighted by molar-refractivity contribution is 0.0521. The van der Waals surface area contributed by atoms with Gasteiger partial charge in [0.2, 0.25) is 0 Å². The second-order valence-electron chi connectivity index (χ2n) is 3.82. The largest absolute Gasteiger partial charge is 0.496 e. The third-order valence-electron chi connectivity index (χ3n) is 2.85. The Labute approximate surface area is 107 Å². The van der Waals surface area contributed by atoms with E-state index in [-0.39, 0.29) is 0 Å². The average Bonchev–Trinajstić information content (AvgIpc) is 2.31. The highest BCUT2D eigenvalue weighted by Gasteiger charge is 2.23. The minimum atomic E-state index is -0.396. The summed E-state index contributed by atoms with van der Waals surface area (Å²) in [6, 6.07) is 0. The van der Waals surface area contributed by atoms with E-state index in [1.807, 2.05) is 13.8 Å². The molecule has 0 aliphatic carbocycles. The fourth-order valence-electron chi connectivity index (χ4n) is 1.79.